The number of nitrogens with one attached hydrogen (secondary N) is 2. The van der Waals surface area contributed by atoms with E-state index in [2.05, 4.69) is 29.7 Å². The van der Waals surface area contributed by atoms with Crippen LogP contribution < -0.4 is 15.4 Å². The van der Waals surface area contributed by atoms with E-state index in [1.165, 1.54) is 11.1 Å². The maximum Gasteiger partial charge on any atom is 0.237 e. The van der Waals surface area contributed by atoms with Gasteiger partial charge in [0.05, 0.1) is 6.04 Å². The number of fused-ring (bicyclic) bond motifs is 1. The predicted octanol–water partition coefficient (Wildman–Crippen LogP) is 1.56. The van der Waals surface area contributed by atoms with Crippen molar-refractivity contribution in [2.45, 2.75) is 51.3 Å². The van der Waals surface area contributed by atoms with Gasteiger partial charge in [-0.3, -0.25) is 4.79 Å². The third-order valence-electron chi connectivity index (χ3n) is 3.93. The average Bonchev–Trinajstić information content (AvgIpc) is 3.13. The highest BCUT2D eigenvalue weighted by molar-refractivity contribution is 5.81. The molecular weight excluding hydrogens is 252 g/mol. The Morgan fingerprint density at radius 1 is 1.45 bits per heavy atom. The second-order valence-electron chi connectivity index (χ2n) is 5.97. The molecule has 2 N–H and O–H groups in total. The topological polar surface area (TPSA) is 50.4 Å². The van der Waals surface area contributed by atoms with Crippen LogP contribution in [-0.4, -0.2) is 30.6 Å². The standard InChI is InChI=1S/C16H22N2O2/c1-10-3-6-15-12(7-10)8-14(20-15)9-17-11(2)16(19)18-13-4-5-13/h3,6-7,11,13-14,17H,4-5,8-9H2,1-2H3,(H,18,19). The van der Waals surface area contributed by atoms with Crippen molar-refractivity contribution < 1.29 is 9.53 Å². The number of carbonyl (C=O) groups is 1. The summed E-state index contributed by atoms with van der Waals surface area (Å²) in [6.07, 6.45) is 3.29. The molecule has 0 aromatic heterocycles. The highest BCUT2D eigenvalue weighted by Crippen LogP contribution is 2.29. The minimum Gasteiger partial charge on any atom is -0.488 e. The van der Waals surface area contributed by atoms with Gasteiger partial charge in [0.2, 0.25) is 5.91 Å². The van der Waals surface area contributed by atoms with Crippen molar-refractivity contribution in [1.29, 1.82) is 0 Å². The van der Waals surface area contributed by atoms with Crippen LogP contribution in [0, 0.1) is 6.92 Å². The van der Waals surface area contributed by atoms with E-state index in [0.29, 0.717) is 12.6 Å². The van der Waals surface area contributed by atoms with E-state index in [1.807, 2.05) is 13.0 Å². The molecule has 3 rings (SSSR count). The Bertz CT molecular complexity index is 511. The van der Waals surface area contributed by atoms with E-state index >= 15 is 0 Å². The van der Waals surface area contributed by atoms with Gasteiger partial charge in [0.25, 0.3) is 0 Å². The monoisotopic (exact) mass is 274 g/mol. The first-order valence-corrected chi connectivity index (χ1v) is 7.42. The number of aryl methyl sites for hydroxylation is 1. The fourth-order valence-corrected chi connectivity index (χ4v) is 2.52. The van der Waals surface area contributed by atoms with E-state index in [4.69, 9.17) is 4.74 Å². The van der Waals surface area contributed by atoms with E-state index in [9.17, 15) is 4.79 Å². The smallest absolute Gasteiger partial charge is 0.237 e. The Hall–Kier alpha value is -1.55. The highest BCUT2D eigenvalue weighted by atomic mass is 16.5. The molecule has 1 fully saturated rings. The molecule has 1 heterocycles. The molecule has 1 aromatic carbocycles. The molecule has 1 aliphatic heterocycles. The van der Waals surface area contributed by atoms with Gasteiger partial charge in [0, 0.05) is 19.0 Å². The normalized spacial score (nSPS) is 22.0. The molecule has 2 unspecified atom stereocenters. The summed E-state index contributed by atoms with van der Waals surface area (Å²) < 4.78 is 5.89. The van der Waals surface area contributed by atoms with Gasteiger partial charge < -0.3 is 15.4 Å². The van der Waals surface area contributed by atoms with Gasteiger partial charge >= 0.3 is 0 Å². The zero-order valence-corrected chi connectivity index (χ0v) is 12.1. The van der Waals surface area contributed by atoms with Gasteiger partial charge in [-0.05, 0) is 38.3 Å². The molecule has 1 amide bonds. The highest BCUT2D eigenvalue weighted by Gasteiger charge is 2.27. The molecule has 0 bridgehead atoms. The van der Waals surface area contributed by atoms with E-state index in [0.717, 1.165) is 25.0 Å². The summed E-state index contributed by atoms with van der Waals surface area (Å²) in [7, 11) is 0. The molecular formula is C16H22N2O2. The Kier molecular flexibility index (Phi) is 3.66. The molecule has 1 saturated carbocycles. The number of hydrogen-bond acceptors (Lipinski definition) is 3. The largest absolute Gasteiger partial charge is 0.488 e. The summed E-state index contributed by atoms with van der Waals surface area (Å²) in [4.78, 5) is 11.8. The lowest BCUT2D eigenvalue weighted by Gasteiger charge is -2.17. The number of rotatable bonds is 5. The quantitative estimate of drug-likeness (QED) is 0.856. The molecule has 0 spiro atoms. The van der Waals surface area contributed by atoms with Crippen molar-refractivity contribution >= 4 is 5.91 Å². The third-order valence-corrected chi connectivity index (χ3v) is 3.93. The molecule has 4 heteroatoms. The van der Waals surface area contributed by atoms with Crippen LogP contribution in [0.5, 0.6) is 5.75 Å². The lowest BCUT2D eigenvalue weighted by Crippen LogP contribution is -2.46. The number of carbonyl (C=O) groups excluding carboxylic acids is 1. The zero-order valence-electron chi connectivity index (χ0n) is 12.1. The number of amides is 1. The molecule has 4 nitrogen and oxygen atoms in total. The van der Waals surface area contributed by atoms with Crippen molar-refractivity contribution in [3.05, 3.63) is 29.3 Å². The zero-order chi connectivity index (χ0) is 14.1. The second kappa shape index (κ2) is 5.44. The average molecular weight is 274 g/mol. The minimum atomic E-state index is -0.162. The first-order chi connectivity index (χ1) is 9.61. The Labute approximate surface area is 119 Å². The molecule has 1 aromatic rings. The molecule has 2 aliphatic rings. The van der Waals surface area contributed by atoms with Crippen molar-refractivity contribution in [3.8, 4) is 5.75 Å². The van der Waals surface area contributed by atoms with Crippen LogP contribution >= 0.6 is 0 Å². The van der Waals surface area contributed by atoms with Crippen LogP contribution in [0.4, 0.5) is 0 Å². The van der Waals surface area contributed by atoms with Gasteiger partial charge in [-0.2, -0.15) is 0 Å². The van der Waals surface area contributed by atoms with Crippen molar-refractivity contribution in [2.24, 2.45) is 0 Å². The fourth-order valence-electron chi connectivity index (χ4n) is 2.52. The summed E-state index contributed by atoms with van der Waals surface area (Å²) in [6, 6.07) is 6.54. The number of ether oxygens (including phenoxy) is 1. The minimum absolute atomic E-state index is 0.0962. The van der Waals surface area contributed by atoms with Crippen LogP contribution in [-0.2, 0) is 11.2 Å². The Morgan fingerprint density at radius 2 is 2.25 bits per heavy atom. The Morgan fingerprint density at radius 3 is 3.00 bits per heavy atom. The van der Waals surface area contributed by atoms with Gasteiger partial charge in [-0.25, -0.2) is 0 Å². The van der Waals surface area contributed by atoms with Crippen molar-refractivity contribution in [1.82, 2.24) is 10.6 Å². The number of benzene rings is 1. The van der Waals surface area contributed by atoms with E-state index < -0.39 is 0 Å². The summed E-state index contributed by atoms with van der Waals surface area (Å²) in [6.45, 7) is 4.70. The summed E-state index contributed by atoms with van der Waals surface area (Å²) in [5.41, 5.74) is 2.53. The maximum absolute atomic E-state index is 11.8. The van der Waals surface area contributed by atoms with Gasteiger partial charge in [-0.1, -0.05) is 17.7 Å². The molecule has 20 heavy (non-hydrogen) atoms. The van der Waals surface area contributed by atoms with Gasteiger partial charge in [0.1, 0.15) is 11.9 Å². The van der Waals surface area contributed by atoms with Crippen LogP contribution in [0.3, 0.4) is 0 Å². The first kappa shape index (κ1) is 13.4. The molecule has 1 aliphatic carbocycles. The lowest BCUT2D eigenvalue weighted by molar-refractivity contribution is -0.122. The van der Waals surface area contributed by atoms with E-state index in [-0.39, 0.29) is 18.1 Å². The second-order valence-corrected chi connectivity index (χ2v) is 5.97. The first-order valence-electron chi connectivity index (χ1n) is 7.42. The molecule has 0 saturated heterocycles. The van der Waals surface area contributed by atoms with Gasteiger partial charge in [0.15, 0.2) is 0 Å². The molecule has 108 valence electrons. The van der Waals surface area contributed by atoms with Gasteiger partial charge in [-0.15, -0.1) is 0 Å². The Balaban J connectivity index is 1.47. The predicted molar refractivity (Wildman–Crippen MR) is 77.9 cm³/mol. The van der Waals surface area contributed by atoms with Crippen LogP contribution in [0.25, 0.3) is 0 Å². The lowest BCUT2D eigenvalue weighted by atomic mass is 10.1. The van der Waals surface area contributed by atoms with Crippen molar-refractivity contribution in [3.63, 3.8) is 0 Å². The SMILES string of the molecule is Cc1ccc2c(c1)CC(CNC(C)C(=O)NC1CC1)O2. The third kappa shape index (κ3) is 3.12. The fraction of sp³-hybridized carbons (Fsp3) is 0.562. The maximum atomic E-state index is 11.8. The molecule has 0 radical (unpaired) electrons. The number of hydrogen-bond donors (Lipinski definition) is 2. The van der Waals surface area contributed by atoms with Crippen LogP contribution in [0.15, 0.2) is 18.2 Å². The van der Waals surface area contributed by atoms with E-state index in [1.54, 1.807) is 0 Å². The van der Waals surface area contributed by atoms with Crippen molar-refractivity contribution in [2.75, 3.05) is 6.54 Å². The summed E-state index contributed by atoms with van der Waals surface area (Å²) in [5, 5.41) is 6.28. The summed E-state index contributed by atoms with van der Waals surface area (Å²) >= 11 is 0. The summed E-state index contributed by atoms with van der Waals surface area (Å²) in [5.74, 6) is 1.08. The van der Waals surface area contributed by atoms with Crippen LogP contribution in [0.2, 0.25) is 0 Å². The van der Waals surface area contributed by atoms with Crippen LogP contribution in [0.1, 0.15) is 30.9 Å². The molecule has 2 atom stereocenters.